The highest BCUT2D eigenvalue weighted by Crippen LogP contribution is 2.46. The second-order valence-corrected chi connectivity index (χ2v) is 6.29. The Bertz CT molecular complexity index is 204. The van der Waals surface area contributed by atoms with Gasteiger partial charge in [-0.3, -0.25) is 4.90 Å². The molecular weight excluding hydrogens is 196 g/mol. The van der Waals surface area contributed by atoms with E-state index in [0.29, 0.717) is 11.0 Å². The fourth-order valence-electron chi connectivity index (χ4n) is 1.95. The lowest BCUT2D eigenvalue weighted by atomic mass is 9.65. The minimum absolute atomic E-state index is 0. The first-order valence-electron chi connectivity index (χ1n) is 5.10. The average molecular weight is 221 g/mol. The van der Waals surface area contributed by atoms with Crippen molar-refractivity contribution in [2.75, 3.05) is 13.1 Å². The number of nitrogens with zero attached hydrogens (tertiary/aromatic N) is 1. The summed E-state index contributed by atoms with van der Waals surface area (Å²) in [6.45, 7) is 15.6. The molecule has 1 saturated heterocycles. The molecule has 1 heterocycles. The van der Waals surface area contributed by atoms with Crippen molar-refractivity contribution in [1.29, 1.82) is 0 Å². The number of hydrogen-bond acceptors (Lipinski definition) is 2. The van der Waals surface area contributed by atoms with Crippen LogP contribution >= 0.6 is 12.4 Å². The molecule has 3 heteroatoms. The Morgan fingerprint density at radius 3 is 1.86 bits per heavy atom. The maximum absolute atomic E-state index is 6.01. The Morgan fingerprint density at radius 2 is 1.64 bits per heavy atom. The Labute approximate surface area is 94.6 Å². The molecular formula is C11H25ClN2. The summed E-state index contributed by atoms with van der Waals surface area (Å²) in [6, 6.07) is 0. The van der Waals surface area contributed by atoms with Gasteiger partial charge >= 0.3 is 0 Å². The van der Waals surface area contributed by atoms with E-state index in [1.165, 1.54) is 6.54 Å². The number of halogens is 1. The highest BCUT2D eigenvalue weighted by molar-refractivity contribution is 5.85. The van der Waals surface area contributed by atoms with Crippen LogP contribution in [-0.4, -0.2) is 29.1 Å². The quantitative estimate of drug-likeness (QED) is 0.774. The Hall–Kier alpha value is 0.210. The molecule has 1 aliphatic rings. The van der Waals surface area contributed by atoms with Crippen molar-refractivity contribution in [3.05, 3.63) is 0 Å². The van der Waals surface area contributed by atoms with E-state index in [0.717, 1.165) is 6.54 Å². The summed E-state index contributed by atoms with van der Waals surface area (Å²) in [7, 11) is 0. The van der Waals surface area contributed by atoms with Crippen LogP contribution in [0.2, 0.25) is 0 Å². The summed E-state index contributed by atoms with van der Waals surface area (Å²) >= 11 is 0. The van der Waals surface area contributed by atoms with E-state index in [2.05, 4.69) is 46.4 Å². The molecule has 0 radical (unpaired) electrons. The van der Waals surface area contributed by atoms with Gasteiger partial charge in [0.1, 0.15) is 0 Å². The lowest BCUT2D eigenvalue weighted by Gasteiger charge is -2.62. The van der Waals surface area contributed by atoms with Crippen LogP contribution in [0.1, 0.15) is 41.5 Å². The maximum atomic E-state index is 6.01. The zero-order chi connectivity index (χ0) is 10.5. The third-order valence-electron chi connectivity index (χ3n) is 3.63. The van der Waals surface area contributed by atoms with Crippen LogP contribution in [0.5, 0.6) is 0 Å². The molecule has 0 aromatic heterocycles. The molecule has 2 nitrogen and oxygen atoms in total. The van der Waals surface area contributed by atoms with Gasteiger partial charge in [0.05, 0.1) is 0 Å². The van der Waals surface area contributed by atoms with Gasteiger partial charge in [0.25, 0.3) is 0 Å². The van der Waals surface area contributed by atoms with Gasteiger partial charge in [0.2, 0.25) is 0 Å². The molecule has 1 aliphatic heterocycles. The molecule has 0 atom stereocenters. The molecule has 0 spiro atoms. The summed E-state index contributed by atoms with van der Waals surface area (Å²) in [5.74, 6) is 0. The van der Waals surface area contributed by atoms with E-state index in [-0.39, 0.29) is 17.9 Å². The molecule has 0 aromatic rings. The second kappa shape index (κ2) is 3.66. The predicted octanol–water partition coefficient (Wildman–Crippen LogP) is 2.27. The molecule has 86 valence electrons. The average Bonchev–Trinajstić information content (AvgIpc) is 1.82. The third kappa shape index (κ3) is 2.41. The first-order chi connectivity index (χ1) is 5.56. The molecule has 0 saturated carbocycles. The number of rotatable bonds is 2. The Kier molecular flexibility index (Phi) is 3.71. The van der Waals surface area contributed by atoms with Crippen molar-refractivity contribution >= 4 is 12.4 Å². The zero-order valence-electron chi connectivity index (χ0n) is 10.3. The lowest BCUT2D eigenvalue weighted by molar-refractivity contribution is -0.123. The van der Waals surface area contributed by atoms with E-state index in [1.807, 2.05) is 0 Å². The van der Waals surface area contributed by atoms with E-state index >= 15 is 0 Å². The largest absolute Gasteiger partial charge is 0.324 e. The van der Waals surface area contributed by atoms with Crippen molar-refractivity contribution in [2.45, 2.75) is 52.6 Å². The van der Waals surface area contributed by atoms with Crippen LogP contribution < -0.4 is 5.73 Å². The summed E-state index contributed by atoms with van der Waals surface area (Å²) in [5, 5.41) is 0. The van der Waals surface area contributed by atoms with Crippen LogP contribution in [0.25, 0.3) is 0 Å². The van der Waals surface area contributed by atoms with Crippen molar-refractivity contribution in [1.82, 2.24) is 4.90 Å². The number of hydrogen-bond donors (Lipinski definition) is 1. The first-order valence-corrected chi connectivity index (χ1v) is 5.10. The summed E-state index contributed by atoms with van der Waals surface area (Å²) in [6.07, 6.45) is 0. The molecule has 0 aliphatic carbocycles. The smallest absolute Gasteiger partial charge is 0.0226 e. The van der Waals surface area contributed by atoms with Gasteiger partial charge in [-0.05, 0) is 33.1 Å². The predicted molar refractivity (Wildman–Crippen MR) is 64.9 cm³/mol. The molecule has 1 fully saturated rings. The van der Waals surface area contributed by atoms with Crippen molar-refractivity contribution in [3.8, 4) is 0 Å². The van der Waals surface area contributed by atoms with Gasteiger partial charge in [-0.15, -0.1) is 12.4 Å². The second-order valence-electron chi connectivity index (χ2n) is 6.29. The van der Waals surface area contributed by atoms with E-state index in [1.54, 1.807) is 0 Å². The van der Waals surface area contributed by atoms with Crippen molar-refractivity contribution in [2.24, 2.45) is 11.1 Å². The summed E-state index contributed by atoms with van der Waals surface area (Å²) < 4.78 is 0. The van der Waals surface area contributed by atoms with Crippen molar-refractivity contribution in [3.63, 3.8) is 0 Å². The topological polar surface area (TPSA) is 29.3 Å². The minimum Gasteiger partial charge on any atom is -0.324 e. The lowest BCUT2D eigenvalue weighted by Crippen LogP contribution is -2.71. The molecule has 0 aromatic carbocycles. The number of likely N-dealkylation sites (tertiary alicyclic amines) is 1. The SMILES string of the molecule is CC(C)(N)CN1CC(C)(C)C1(C)C.Cl. The fourth-order valence-corrected chi connectivity index (χ4v) is 1.95. The molecule has 0 bridgehead atoms. The van der Waals surface area contributed by atoms with E-state index in [4.69, 9.17) is 5.73 Å². The van der Waals surface area contributed by atoms with Crippen LogP contribution in [0.4, 0.5) is 0 Å². The van der Waals surface area contributed by atoms with Gasteiger partial charge in [0, 0.05) is 24.2 Å². The number of nitrogens with two attached hydrogens (primary N) is 1. The molecule has 2 N–H and O–H groups in total. The Morgan fingerprint density at radius 1 is 1.21 bits per heavy atom. The standard InChI is InChI=1S/C11H24N2.ClH/c1-9(2)7-13(11(9,5)6)8-10(3,4)12;/h7-8,12H2,1-6H3;1H. The molecule has 0 amide bonds. The van der Waals surface area contributed by atoms with Crippen LogP contribution in [0.3, 0.4) is 0 Å². The van der Waals surface area contributed by atoms with Gasteiger partial charge in [-0.25, -0.2) is 0 Å². The Balaban J connectivity index is 0.00000169. The van der Waals surface area contributed by atoms with Gasteiger partial charge < -0.3 is 5.73 Å². The monoisotopic (exact) mass is 220 g/mol. The zero-order valence-corrected chi connectivity index (χ0v) is 11.2. The highest BCUT2D eigenvalue weighted by atomic mass is 35.5. The third-order valence-corrected chi connectivity index (χ3v) is 3.63. The van der Waals surface area contributed by atoms with Crippen molar-refractivity contribution < 1.29 is 0 Å². The highest BCUT2D eigenvalue weighted by Gasteiger charge is 2.52. The first kappa shape index (κ1) is 14.2. The van der Waals surface area contributed by atoms with Gasteiger partial charge in [-0.1, -0.05) is 13.8 Å². The van der Waals surface area contributed by atoms with Crippen LogP contribution in [0.15, 0.2) is 0 Å². The fraction of sp³-hybridized carbons (Fsp3) is 1.00. The minimum atomic E-state index is -0.0756. The van der Waals surface area contributed by atoms with E-state index in [9.17, 15) is 0 Å². The van der Waals surface area contributed by atoms with Gasteiger partial charge in [-0.2, -0.15) is 0 Å². The van der Waals surface area contributed by atoms with Gasteiger partial charge in [0.15, 0.2) is 0 Å². The van der Waals surface area contributed by atoms with Crippen LogP contribution in [0, 0.1) is 5.41 Å². The van der Waals surface area contributed by atoms with E-state index < -0.39 is 0 Å². The maximum Gasteiger partial charge on any atom is 0.0226 e. The molecule has 0 unspecified atom stereocenters. The normalized spacial score (nSPS) is 25.1. The summed E-state index contributed by atoms with van der Waals surface area (Å²) in [4.78, 5) is 2.48. The van der Waals surface area contributed by atoms with Crippen LogP contribution in [-0.2, 0) is 0 Å². The molecule has 1 rings (SSSR count). The molecule has 14 heavy (non-hydrogen) atoms. The summed E-state index contributed by atoms with van der Waals surface area (Å²) in [5.41, 5.74) is 6.66.